The minimum atomic E-state index is -0.269. The topological polar surface area (TPSA) is 72.9 Å². The molecule has 2 saturated heterocycles. The molecule has 4 aliphatic rings. The molecule has 2 saturated carbocycles. The number of carbonyl (C=O) groups is 2. The number of nitrogens with one attached hydrogen (secondary N) is 1. The number of nitrogens with zero attached hydrogens (tertiary/aromatic N) is 2. The summed E-state index contributed by atoms with van der Waals surface area (Å²) in [5.41, 5.74) is 2.95. The number of aliphatic hydroxyl groups is 1. The van der Waals surface area contributed by atoms with E-state index in [4.69, 9.17) is 0 Å². The number of hydrogen-bond acceptors (Lipinski definition) is 4. The van der Waals surface area contributed by atoms with Crippen LogP contribution in [-0.4, -0.2) is 53.6 Å². The number of anilines is 2. The van der Waals surface area contributed by atoms with Crippen LogP contribution in [0.3, 0.4) is 0 Å². The van der Waals surface area contributed by atoms with Crippen LogP contribution in [0.2, 0.25) is 0 Å². The van der Waals surface area contributed by atoms with Gasteiger partial charge in [0.05, 0.1) is 11.5 Å². The second kappa shape index (κ2) is 9.88. The summed E-state index contributed by atoms with van der Waals surface area (Å²) in [6, 6.07) is 6.55. The Morgan fingerprint density at radius 2 is 1.76 bits per heavy atom. The third-order valence-corrected chi connectivity index (χ3v) is 9.01. The van der Waals surface area contributed by atoms with Gasteiger partial charge >= 0.3 is 0 Å². The van der Waals surface area contributed by atoms with E-state index >= 15 is 0 Å². The van der Waals surface area contributed by atoms with E-state index in [-0.39, 0.29) is 23.3 Å². The molecule has 186 valence electrons. The number of rotatable bonds is 4. The van der Waals surface area contributed by atoms with E-state index in [9.17, 15) is 14.7 Å². The van der Waals surface area contributed by atoms with Gasteiger partial charge in [0.1, 0.15) is 0 Å². The van der Waals surface area contributed by atoms with E-state index in [1.165, 1.54) is 12.1 Å². The van der Waals surface area contributed by atoms with Crippen molar-refractivity contribution in [2.45, 2.75) is 96.1 Å². The number of carbonyl (C=O) groups excluding carboxylic acids is 2. The number of aliphatic hydroxyl groups excluding tert-OH is 1. The fourth-order valence-corrected chi connectivity index (χ4v) is 6.98. The average Bonchev–Trinajstić information content (AvgIpc) is 3.15. The van der Waals surface area contributed by atoms with Crippen molar-refractivity contribution in [1.29, 1.82) is 0 Å². The van der Waals surface area contributed by atoms with Crippen LogP contribution in [0, 0.1) is 18.3 Å². The summed E-state index contributed by atoms with van der Waals surface area (Å²) in [5, 5.41) is 13.0. The van der Waals surface area contributed by atoms with Gasteiger partial charge in [-0.1, -0.05) is 19.3 Å². The first kappa shape index (κ1) is 23.7. The number of likely N-dealkylation sites (tertiary alicyclic amines) is 1. The molecule has 2 aliphatic heterocycles. The molecule has 2 amide bonds. The highest BCUT2D eigenvalue weighted by atomic mass is 16.3. The zero-order valence-electron chi connectivity index (χ0n) is 20.7. The van der Waals surface area contributed by atoms with Crippen LogP contribution in [0.4, 0.5) is 11.4 Å². The molecule has 6 heteroatoms. The summed E-state index contributed by atoms with van der Waals surface area (Å²) in [6.07, 6.45) is 11.8. The predicted molar refractivity (Wildman–Crippen MR) is 135 cm³/mol. The van der Waals surface area contributed by atoms with Crippen molar-refractivity contribution in [3.8, 4) is 0 Å². The van der Waals surface area contributed by atoms with Gasteiger partial charge in [0.25, 0.3) is 0 Å². The Balaban J connectivity index is 1.24. The van der Waals surface area contributed by atoms with Gasteiger partial charge in [0.15, 0.2) is 0 Å². The van der Waals surface area contributed by atoms with Gasteiger partial charge in [-0.2, -0.15) is 0 Å². The lowest BCUT2D eigenvalue weighted by atomic mass is 9.78. The quantitative estimate of drug-likeness (QED) is 0.677. The fourth-order valence-electron chi connectivity index (χ4n) is 6.98. The lowest BCUT2D eigenvalue weighted by Gasteiger charge is -2.42. The summed E-state index contributed by atoms with van der Waals surface area (Å²) >= 11 is 0. The Morgan fingerprint density at radius 3 is 2.50 bits per heavy atom. The minimum absolute atomic E-state index is 0.152. The standard InChI is InChI=1S/C28H41N3O3/c1-20-18-22(29-26(33)21-6-3-2-4-7-21)8-13-25(20)30-16-5-14-28(19-30)15-17-31(27(28)34)23-9-11-24(32)12-10-23/h8,13,18,21,23-24,32H,2-7,9-12,14-17,19H2,1H3,(H,29,33)/t23-,24-,28-/m0/s1. The van der Waals surface area contributed by atoms with Gasteiger partial charge in [-0.15, -0.1) is 0 Å². The molecule has 1 atom stereocenters. The molecule has 0 radical (unpaired) electrons. The smallest absolute Gasteiger partial charge is 0.230 e. The van der Waals surface area contributed by atoms with E-state index in [1.807, 2.05) is 6.07 Å². The maximum atomic E-state index is 13.6. The number of hydrogen-bond donors (Lipinski definition) is 2. The first-order valence-corrected chi connectivity index (χ1v) is 13.6. The lowest BCUT2D eigenvalue weighted by Crippen LogP contribution is -2.50. The highest BCUT2D eigenvalue weighted by Crippen LogP contribution is 2.44. The number of benzene rings is 1. The molecule has 5 rings (SSSR count). The van der Waals surface area contributed by atoms with Crippen molar-refractivity contribution < 1.29 is 14.7 Å². The molecule has 6 nitrogen and oxygen atoms in total. The van der Waals surface area contributed by atoms with Gasteiger partial charge in [0.2, 0.25) is 11.8 Å². The monoisotopic (exact) mass is 467 g/mol. The highest BCUT2D eigenvalue weighted by Gasteiger charge is 2.50. The Labute approximate surface area is 204 Å². The molecule has 0 aromatic heterocycles. The second-order valence-corrected chi connectivity index (χ2v) is 11.3. The average molecular weight is 468 g/mol. The summed E-state index contributed by atoms with van der Waals surface area (Å²) < 4.78 is 0. The van der Waals surface area contributed by atoms with Crippen LogP contribution in [0.15, 0.2) is 18.2 Å². The number of piperidine rings is 1. The van der Waals surface area contributed by atoms with Crippen LogP contribution in [0.25, 0.3) is 0 Å². The van der Waals surface area contributed by atoms with Crippen molar-refractivity contribution in [3.63, 3.8) is 0 Å². The Bertz CT molecular complexity index is 904. The SMILES string of the molecule is Cc1cc(NC(=O)C2CCCCC2)ccc1N1CCC[C@]2(CCN([C@H]3CC[C@H](O)CC3)C2=O)C1. The molecular weight excluding hydrogens is 426 g/mol. The van der Waals surface area contributed by atoms with Crippen LogP contribution >= 0.6 is 0 Å². The summed E-state index contributed by atoms with van der Waals surface area (Å²) in [4.78, 5) is 30.9. The minimum Gasteiger partial charge on any atom is -0.393 e. The highest BCUT2D eigenvalue weighted by molar-refractivity contribution is 5.93. The zero-order valence-corrected chi connectivity index (χ0v) is 20.7. The summed E-state index contributed by atoms with van der Waals surface area (Å²) in [7, 11) is 0. The van der Waals surface area contributed by atoms with Crippen molar-refractivity contribution in [1.82, 2.24) is 4.90 Å². The maximum absolute atomic E-state index is 13.6. The van der Waals surface area contributed by atoms with Gasteiger partial charge < -0.3 is 20.2 Å². The van der Waals surface area contributed by atoms with Gasteiger partial charge in [0, 0.05) is 43.0 Å². The van der Waals surface area contributed by atoms with E-state index < -0.39 is 0 Å². The molecule has 1 aromatic rings. The molecule has 2 heterocycles. The van der Waals surface area contributed by atoms with E-state index in [0.29, 0.717) is 11.9 Å². The third-order valence-electron chi connectivity index (χ3n) is 9.01. The Kier molecular flexibility index (Phi) is 6.88. The third kappa shape index (κ3) is 4.71. The van der Waals surface area contributed by atoms with Crippen LogP contribution in [-0.2, 0) is 9.59 Å². The molecular formula is C28H41N3O3. The largest absolute Gasteiger partial charge is 0.393 e. The van der Waals surface area contributed by atoms with Gasteiger partial charge in [-0.25, -0.2) is 0 Å². The van der Waals surface area contributed by atoms with Crippen LogP contribution in [0.1, 0.15) is 82.6 Å². The molecule has 0 bridgehead atoms. The number of aryl methyl sites for hydroxylation is 1. The van der Waals surface area contributed by atoms with Gasteiger partial charge in [-0.05, 0) is 88.5 Å². The van der Waals surface area contributed by atoms with Crippen molar-refractivity contribution >= 4 is 23.2 Å². The molecule has 1 spiro atoms. The molecule has 2 aliphatic carbocycles. The van der Waals surface area contributed by atoms with E-state index in [1.54, 1.807) is 0 Å². The Hall–Kier alpha value is -2.08. The van der Waals surface area contributed by atoms with Crippen LogP contribution in [0.5, 0.6) is 0 Å². The summed E-state index contributed by atoms with van der Waals surface area (Å²) in [5.74, 6) is 0.655. The van der Waals surface area contributed by atoms with E-state index in [2.05, 4.69) is 34.2 Å². The second-order valence-electron chi connectivity index (χ2n) is 11.3. The van der Waals surface area contributed by atoms with Crippen LogP contribution < -0.4 is 10.2 Å². The maximum Gasteiger partial charge on any atom is 0.230 e. The predicted octanol–water partition coefficient (Wildman–Crippen LogP) is 4.64. The van der Waals surface area contributed by atoms with Crippen molar-refractivity contribution in [2.75, 3.05) is 29.9 Å². The molecule has 34 heavy (non-hydrogen) atoms. The molecule has 0 unspecified atom stereocenters. The fraction of sp³-hybridized carbons (Fsp3) is 0.714. The number of amides is 2. The first-order valence-electron chi connectivity index (χ1n) is 13.6. The van der Waals surface area contributed by atoms with Crippen molar-refractivity contribution in [3.05, 3.63) is 23.8 Å². The lowest BCUT2D eigenvalue weighted by molar-refractivity contribution is -0.139. The van der Waals surface area contributed by atoms with Crippen molar-refractivity contribution in [2.24, 2.45) is 11.3 Å². The van der Waals surface area contributed by atoms with Gasteiger partial charge in [-0.3, -0.25) is 9.59 Å². The molecule has 1 aromatic carbocycles. The van der Waals surface area contributed by atoms with E-state index in [0.717, 1.165) is 102 Å². The molecule has 4 fully saturated rings. The first-order chi connectivity index (χ1) is 16.4. The Morgan fingerprint density at radius 1 is 1.00 bits per heavy atom. The summed E-state index contributed by atoms with van der Waals surface area (Å²) in [6.45, 7) is 4.73. The molecule has 2 N–H and O–H groups in total. The normalized spacial score (nSPS) is 30.7. The zero-order chi connectivity index (χ0) is 23.7.